The summed E-state index contributed by atoms with van der Waals surface area (Å²) in [4.78, 5) is 21.2. The molecule has 5 fully saturated rings. The molecule has 2 aromatic heterocycles. The Morgan fingerprint density at radius 3 is 1.65 bits per heavy atom. The Bertz CT molecular complexity index is 1900. The average molecular weight is 663 g/mol. The van der Waals surface area contributed by atoms with Crippen LogP contribution >= 0.6 is 0 Å². The summed E-state index contributed by atoms with van der Waals surface area (Å²) in [6.45, 7) is 3.46. The molecule has 1 spiro atoms. The number of anilines is 2. The van der Waals surface area contributed by atoms with E-state index in [0.717, 1.165) is 109 Å². The molecule has 3 aromatic carbocycles. The Balaban J connectivity index is 1.02. The lowest BCUT2D eigenvalue weighted by Gasteiger charge is -2.36. The molecular formula is C39H44F2N8. The summed E-state index contributed by atoms with van der Waals surface area (Å²) in [5.74, 6) is 1.02. The molecule has 5 aromatic rings. The van der Waals surface area contributed by atoms with Gasteiger partial charge in [-0.25, -0.2) is 18.7 Å². The highest BCUT2D eigenvalue weighted by molar-refractivity contribution is 5.78. The number of halogens is 2. The second-order valence-electron chi connectivity index (χ2n) is 15.4. The van der Waals surface area contributed by atoms with Crippen molar-refractivity contribution >= 4 is 33.4 Å². The number of hydrogen-bond acceptors (Lipinski definition) is 6. The van der Waals surface area contributed by atoms with Gasteiger partial charge in [0.1, 0.15) is 17.3 Å². The van der Waals surface area contributed by atoms with E-state index in [9.17, 15) is 0 Å². The molecule has 0 unspecified atom stereocenters. The first-order valence-corrected chi connectivity index (χ1v) is 18.5. The quantitative estimate of drug-likeness (QED) is 0.147. The normalized spacial score (nSPS) is 26.6. The van der Waals surface area contributed by atoms with Crippen LogP contribution in [0.3, 0.4) is 0 Å². The second kappa shape index (κ2) is 11.5. The number of H-pyrrole nitrogens is 2. The summed E-state index contributed by atoms with van der Waals surface area (Å²) >= 11 is 0. The Morgan fingerprint density at radius 1 is 0.653 bits per heavy atom. The maximum absolute atomic E-state index is 16.2. The van der Waals surface area contributed by atoms with E-state index in [0.29, 0.717) is 24.2 Å². The lowest BCUT2D eigenvalue weighted by Crippen LogP contribution is -2.35. The van der Waals surface area contributed by atoms with E-state index in [1.54, 1.807) is 12.1 Å². The van der Waals surface area contributed by atoms with Crippen LogP contribution in [0.4, 0.5) is 20.2 Å². The maximum Gasteiger partial charge on any atom is 0.151 e. The van der Waals surface area contributed by atoms with Gasteiger partial charge >= 0.3 is 0 Å². The van der Waals surface area contributed by atoms with Crippen molar-refractivity contribution < 1.29 is 8.78 Å². The Kier molecular flexibility index (Phi) is 7.02. The number of nitrogens with zero attached hydrogens (tertiary/aromatic N) is 4. The molecule has 10 heteroatoms. The zero-order valence-corrected chi connectivity index (χ0v) is 27.9. The molecule has 4 aliphatic heterocycles. The smallest absolute Gasteiger partial charge is 0.151 e. The van der Waals surface area contributed by atoms with Gasteiger partial charge in [-0.1, -0.05) is 12.1 Å². The lowest BCUT2D eigenvalue weighted by molar-refractivity contribution is 0.379. The van der Waals surface area contributed by atoms with Crippen molar-refractivity contribution in [2.45, 2.75) is 88.4 Å². The first kappa shape index (κ1) is 29.9. The third kappa shape index (κ3) is 5.21. The fourth-order valence-electron chi connectivity index (χ4n) is 9.38. The van der Waals surface area contributed by atoms with Crippen molar-refractivity contribution in [1.29, 1.82) is 0 Å². The van der Waals surface area contributed by atoms with Crippen LogP contribution in [0.1, 0.15) is 111 Å². The topological polar surface area (TPSA) is 87.9 Å². The van der Waals surface area contributed by atoms with Crippen molar-refractivity contribution in [1.82, 2.24) is 30.6 Å². The van der Waals surface area contributed by atoms with Gasteiger partial charge in [0.2, 0.25) is 0 Å². The minimum Gasteiger partial charge on any atom is -0.367 e. The monoisotopic (exact) mass is 662 g/mol. The predicted octanol–water partition coefficient (Wildman–Crippen LogP) is 8.03. The van der Waals surface area contributed by atoms with E-state index in [2.05, 4.69) is 61.9 Å². The van der Waals surface area contributed by atoms with Crippen LogP contribution in [0.2, 0.25) is 0 Å². The number of benzene rings is 3. The summed E-state index contributed by atoms with van der Waals surface area (Å²) < 4.78 is 32.4. The predicted molar refractivity (Wildman–Crippen MR) is 189 cm³/mol. The van der Waals surface area contributed by atoms with Crippen LogP contribution < -0.4 is 20.4 Å². The van der Waals surface area contributed by atoms with E-state index >= 15 is 8.78 Å². The Labute approximate surface area is 285 Å². The van der Waals surface area contributed by atoms with E-state index < -0.39 is 11.6 Å². The van der Waals surface area contributed by atoms with Gasteiger partial charge in [0, 0.05) is 18.8 Å². The fraction of sp³-hybridized carbons (Fsp3) is 0.487. The highest BCUT2D eigenvalue weighted by Crippen LogP contribution is 2.54. The van der Waals surface area contributed by atoms with Gasteiger partial charge < -0.3 is 30.4 Å². The van der Waals surface area contributed by atoms with Gasteiger partial charge in [-0.3, -0.25) is 0 Å². The fourth-order valence-corrected chi connectivity index (χ4v) is 9.38. The summed E-state index contributed by atoms with van der Waals surface area (Å²) in [6.07, 6.45) is 10.7. The number of nitrogens with one attached hydrogen (secondary N) is 4. The number of piperidine rings is 1. The highest BCUT2D eigenvalue weighted by Gasteiger charge is 2.45. The number of aromatic amines is 2. The minimum absolute atomic E-state index is 0.0594. The molecule has 1 saturated carbocycles. The van der Waals surface area contributed by atoms with Crippen LogP contribution in [0.5, 0.6) is 0 Å². The molecule has 0 amide bonds. The Morgan fingerprint density at radius 2 is 1.18 bits per heavy atom. The van der Waals surface area contributed by atoms with Gasteiger partial charge in [0.15, 0.2) is 11.6 Å². The zero-order chi connectivity index (χ0) is 32.7. The molecule has 254 valence electrons. The van der Waals surface area contributed by atoms with Crippen molar-refractivity contribution in [2.75, 3.05) is 36.0 Å². The number of imidazole rings is 2. The third-order valence-corrected chi connectivity index (χ3v) is 12.4. The number of aromatic nitrogens is 4. The molecule has 6 heterocycles. The summed E-state index contributed by atoms with van der Waals surface area (Å²) in [5, 5.41) is 7.09. The summed E-state index contributed by atoms with van der Waals surface area (Å²) in [7, 11) is 0. The number of fused-ring (bicyclic) bond motifs is 2. The van der Waals surface area contributed by atoms with Crippen LogP contribution in [0.25, 0.3) is 22.1 Å². The molecule has 0 radical (unpaired) electrons. The van der Waals surface area contributed by atoms with Crippen molar-refractivity contribution in [3.63, 3.8) is 0 Å². The second-order valence-corrected chi connectivity index (χ2v) is 15.4. The van der Waals surface area contributed by atoms with E-state index in [1.807, 2.05) is 4.90 Å². The largest absolute Gasteiger partial charge is 0.367 e. The first-order chi connectivity index (χ1) is 24.0. The highest BCUT2D eigenvalue weighted by atomic mass is 19.1. The van der Waals surface area contributed by atoms with Gasteiger partial charge in [0.05, 0.1) is 46.2 Å². The Hall–Kier alpha value is -4.02. The molecule has 5 aliphatic rings. The standard InChI is InChI=1S/C39H44F2N8/c40-26-21-25(22-27(41)36(26)48-17-13-39(11-12-39)14-18-48)49-34(23-5-7-28-32(19-23)46-37(44-28)30-3-1-15-42-30)9-10-35(49)24-6-8-29-33(20-24)47-38(45-29)31-4-2-16-43-31/h5-8,19-22,30-31,34-35,42-43H,1-4,9-18H2,(H,44,46)(H,45,47)/t30-,31-,34+,35+/m0/s1. The van der Waals surface area contributed by atoms with Crippen LogP contribution in [-0.2, 0) is 0 Å². The molecule has 1 aliphatic carbocycles. The van der Waals surface area contributed by atoms with Gasteiger partial charge in [0.25, 0.3) is 0 Å². The molecule has 0 bridgehead atoms. The number of hydrogen-bond donors (Lipinski definition) is 4. The van der Waals surface area contributed by atoms with Gasteiger partial charge in [-0.15, -0.1) is 0 Å². The first-order valence-electron chi connectivity index (χ1n) is 18.5. The van der Waals surface area contributed by atoms with Crippen molar-refractivity contribution in [3.05, 3.63) is 82.9 Å². The molecule has 4 N–H and O–H groups in total. The van der Waals surface area contributed by atoms with Crippen LogP contribution in [0.15, 0.2) is 48.5 Å². The van der Waals surface area contributed by atoms with Crippen molar-refractivity contribution in [2.24, 2.45) is 5.41 Å². The zero-order valence-electron chi connectivity index (χ0n) is 27.9. The van der Waals surface area contributed by atoms with E-state index in [-0.39, 0.29) is 29.9 Å². The van der Waals surface area contributed by atoms with E-state index in [4.69, 9.17) is 9.97 Å². The molecule has 4 saturated heterocycles. The molecular weight excluding hydrogens is 618 g/mol. The lowest BCUT2D eigenvalue weighted by atomic mass is 9.93. The van der Waals surface area contributed by atoms with Crippen molar-refractivity contribution in [3.8, 4) is 0 Å². The van der Waals surface area contributed by atoms with Gasteiger partial charge in [-0.2, -0.15) is 0 Å². The summed E-state index contributed by atoms with van der Waals surface area (Å²) in [6, 6.07) is 16.4. The maximum atomic E-state index is 16.2. The third-order valence-electron chi connectivity index (χ3n) is 12.4. The van der Waals surface area contributed by atoms with E-state index in [1.165, 1.54) is 12.8 Å². The number of rotatable bonds is 6. The molecule has 4 atom stereocenters. The molecule has 10 rings (SSSR count). The van der Waals surface area contributed by atoms with Crippen LogP contribution in [-0.4, -0.2) is 46.1 Å². The molecule has 49 heavy (non-hydrogen) atoms. The minimum atomic E-state index is -0.471. The summed E-state index contributed by atoms with van der Waals surface area (Å²) in [5.41, 5.74) is 7.30. The van der Waals surface area contributed by atoms with Crippen LogP contribution in [0, 0.1) is 17.0 Å². The SMILES string of the molecule is Fc1cc(N2[C@@H](c3ccc4nc([C@@H]5CCCN5)[nH]c4c3)CC[C@@H]2c2ccc3nc([C@@H]4CCCN4)[nH]c3c2)cc(F)c1N1CCC2(CC1)CC2. The van der Waals surface area contributed by atoms with Gasteiger partial charge in [-0.05, 0) is 130 Å². The average Bonchev–Trinajstić information content (AvgIpc) is 3.80. The molecule has 8 nitrogen and oxygen atoms in total.